The lowest BCUT2D eigenvalue weighted by Crippen LogP contribution is -1.97. The molecule has 0 unspecified atom stereocenters. The molecule has 3 nitrogen and oxygen atoms in total. The van der Waals surface area contributed by atoms with Gasteiger partial charge >= 0.3 is 0 Å². The zero-order chi connectivity index (χ0) is 22.4. The third-order valence-electron chi connectivity index (χ3n) is 6.15. The zero-order valence-electron chi connectivity index (χ0n) is 20.3. The van der Waals surface area contributed by atoms with Gasteiger partial charge in [0.15, 0.2) is 4.96 Å². The van der Waals surface area contributed by atoms with Gasteiger partial charge < -0.3 is 4.74 Å². The van der Waals surface area contributed by atoms with Crippen molar-refractivity contribution in [3.05, 3.63) is 41.5 Å². The molecule has 0 spiro atoms. The van der Waals surface area contributed by atoms with Crippen LogP contribution in [0, 0.1) is 0 Å². The van der Waals surface area contributed by atoms with Gasteiger partial charge in [-0.2, -0.15) is 0 Å². The molecular weight excluding hydrogens is 412 g/mol. The van der Waals surface area contributed by atoms with Crippen LogP contribution >= 0.6 is 11.3 Å². The highest BCUT2D eigenvalue weighted by Crippen LogP contribution is 2.26. The summed E-state index contributed by atoms with van der Waals surface area (Å²) in [6.45, 7) is 5.35. The number of nitrogens with zero attached hydrogens (tertiary/aromatic N) is 2. The van der Waals surface area contributed by atoms with Crippen LogP contribution in [0.4, 0.5) is 0 Å². The van der Waals surface area contributed by atoms with Crippen LogP contribution in [0.3, 0.4) is 0 Å². The lowest BCUT2D eigenvalue weighted by Gasteiger charge is -2.07. The summed E-state index contributed by atoms with van der Waals surface area (Å²) < 4.78 is 8.12. The van der Waals surface area contributed by atoms with E-state index >= 15 is 0 Å². The fraction of sp³-hybridized carbons (Fsp3) is 0.607. The van der Waals surface area contributed by atoms with E-state index in [2.05, 4.69) is 54.9 Å². The van der Waals surface area contributed by atoms with Gasteiger partial charge in [0.2, 0.25) is 0 Å². The Morgan fingerprint density at radius 3 is 2.03 bits per heavy atom. The van der Waals surface area contributed by atoms with E-state index in [4.69, 9.17) is 9.72 Å². The van der Waals surface area contributed by atoms with Crippen LogP contribution in [0.5, 0.6) is 5.75 Å². The molecule has 0 saturated carbocycles. The number of hydrogen-bond donors (Lipinski definition) is 0. The second-order valence-electron chi connectivity index (χ2n) is 9.03. The molecule has 4 heteroatoms. The first-order valence-corrected chi connectivity index (χ1v) is 13.8. The van der Waals surface area contributed by atoms with Gasteiger partial charge in [-0.1, -0.05) is 84.5 Å². The molecule has 32 heavy (non-hydrogen) atoms. The Morgan fingerprint density at radius 2 is 1.38 bits per heavy atom. The normalized spacial score (nSPS) is 11.4. The summed E-state index contributed by atoms with van der Waals surface area (Å²) in [4.78, 5) is 7.41. The first-order chi connectivity index (χ1) is 15.8. The number of imidazole rings is 1. The van der Waals surface area contributed by atoms with Crippen molar-refractivity contribution in [1.29, 1.82) is 0 Å². The molecule has 2 aromatic heterocycles. The number of hydrogen-bond acceptors (Lipinski definition) is 3. The molecule has 0 N–H and O–H groups in total. The molecule has 3 aromatic rings. The molecular formula is C28H42N2OS. The highest BCUT2D eigenvalue weighted by molar-refractivity contribution is 7.17. The summed E-state index contributed by atoms with van der Waals surface area (Å²) in [6, 6.07) is 8.41. The minimum atomic E-state index is 0.814. The van der Waals surface area contributed by atoms with Crippen molar-refractivity contribution in [3.8, 4) is 17.0 Å². The summed E-state index contributed by atoms with van der Waals surface area (Å²) in [5, 5.41) is 0. The van der Waals surface area contributed by atoms with Crippen molar-refractivity contribution >= 4 is 16.3 Å². The second-order valence-corrected chi connectivity index (χ2v) is 10.1. The maximum atomic E-state index is 5.93. The average molecular weight is 455 g/mol. The Balaban J connectivity index is 1.39. The van der Waals surface area contributed by atoms with Crippen LogP contribution in [0.15, 0.2) is 36.7 Å². The van der Waals surface area contributed by atoms with E-state index < -0.39 is 0 Å². The molecule has 0 aliphatic carbocycles. The quantitative estimate of drug-likeness (QED) is 0.190. The van der Waals surface area contributed by atoms with E-state index in [9.17, 15) is 0 Å². The molecule has 176 valence electrons. The average Bonchev–Trinajstić information content (AvgIpc) is 3.37. The second kappa shape index (κ2) is 14.4. The van der Waals surface area contributed by atoms with E-state index in [1.807, 2.05) is 11.3 Å². The van der Waals surface area contributed by atoms with Crippen LogP contribution in [-0.2, 0) is 6.42 Å². The highest BCUT2D eigenvalue weighted by Gasteiger charge is 2.08. The van der Waals surface area contributed by atoms with E-state index in [0.717, 1.165) is 35.0 Å². The Morgan fingerprint density at radius 1 is 0.750 bits per heavy atom. The summed E-state index contributed by atoms with van der Waals surface area (Å²) in [7, 11) is 0. The molecule has 0 aliphatic rings. The SMILES string of the molecule is CCCCCCCCCOc1ccc(-c2cn3cc(CCCCCCCC)sc3n2)cc1. The van der Waals surface area contributed by atoms with Gasteiger partial charge in [0.1, 0.15) is 5.75 Å². The number of ether oxygens (including phenoxy) is 1. The van der Waals surface area contributed by atoms with Crippen molar-refractivity contribution in [1.82, 2.24) is 9.38 Å². The van der Waals surface area contributed by atoms with E-state index in [1.54, 1.807) is 0 Å². The van der Waals surface area contributed by atoms with Gasteiger partial charge in [-0.15, -0.1) is 11.3 Å². The number of fused-ring (bicyclic) bond motifs is 1. The van der Waals surface area contributed by atoms with Crippen LogP contribution in [0.2, 0.25) is 0 Å². The van der Waals surface area contributed by atoms with Crippen molar-refractivity contribution in [3.63, 3.8) is 0 Å². The number of aryl methyl sites for hydroxylation is 1. The van der Waals surface area contributed by atoms with Gasteiger partial charge in [-0.05, 0) is 43.5 Å². The topological polar surface area (TPSA) is 26.5 Å². The van der Waals surface area contributed by atoms with Crippen molar-refractivity contribution in [2.75, 3.05) is 6.61 Å². The molecule has 0 amide bonds. The lowest BCUT2D eigenvalue weighted by atomic mass is 10.1. The summed E-state index contributed by atoms with van der Waals surface area (Å²) in [5.74, 6) is 0.960. The molecule has 3 rings (SSSR count). The Hall–Kier alpha value is -1.81. The fourth-order valence-electron chi connectivity index (χ4n) is 4.15. The van der Waals surface area contributed by atoms with Gasteiger partial charge in [0.05, 0.1) is 12.3 Å². The molecule has 0 saturated heterocycles. The van der Waals surface area contributed by atoms with Gasteiger partial charge in [-0.3, -0.25) is 4.40 Å². The van der Waals surface area contributed by atoms with Crippen molar-refractivity contribution in [2.24, 2.45) is 0 Å². The minimum Gasteiger partial charge on any atom is -0.494 e. The van der Waals surface area contributed by atoms with Crippen LogP contribution in [0.25, 0.3) is 16.2 Å². The van der Waals surface area contributed by atoms with Crippen molar-refractivity contribution < 1.29 is 4.74 Å². The number of aromatic nitrogens is 2. The predicted octanol–water partition coefficient (Wildman–Crippen LogP) is 9.10. The van der Waals surface area contributed by atoms with E-state index in [-0.39, 0.29) is 0 Å². The number of benzene rings is 1. The standard InChI is InChI=1S/C28H42N2OS/c1-3-5-7-9-11-13-15-21-31-25-19-17-24(18-20-25)27-23-30-22-26(32-28(30)29-27)16-14-12-10-8-6-4-2/h17-20,22-23H,3-16,21H2,1-2H3. The third kappa shape index (κ3) is 8.27. The highest BCUT2D eigenvalue weighted by atomic mass is 32.1. The maximum Gasteiger partial charge on any atom is 0.194 e. The predicted molar refractivity (Wildman–Crippen MR) is 139 cm³/mol. The minimum absolute atomic E-state index is 0.814. The first-order valence-electron chi connectivity index (χ1n) is 13.0. The summed E-state index contributed by atoms with van der Waals surface area (Å²) in [5.41, 5.74) is 2.20. The first kappa shape index (κ1) is 24.8. The molecule has 0 aliphatic heterocycles. The number of rotatable bonds is 17. The van der Waals surface area contributed by atoms with Gasteiger partial charge in [0, 0.05) is 22.8 Å². The van der Waals surface area contributed by atoms with Crippen LogP contribution in [0.1, 0.15) is 102 Å². The van der Waals surface area contributed by atoms with Crippen LogP contribution in [-0.4, -0.2) is 16.0 Å². The molecule has 1 aromatic carbocycles. The van der Waals surface area contributed by atoms with E-state index in [0.29, 0.717) is 0 Å². The Labute approximate surface area is 199 Å². The largest absolute Gasteiger partial charge is 0.494 e. The van der Waals surface area contributed by atoms with E-state index in [1.165, 1.54) is 88.3 Å². The molecule has 0 bridgehead atoms. The van der Waals surface area contributed by atoms with Crippen molar-refractivity contribution in [2.45, 2.75) is 104 Å². The summed E-state index contributed by atoms with van der Waals surface area (Å²) >= 11 is 1.83. The number of thiazole rings is 1. The fourth-order valence-corrected chi connectivity index (χ4v) is 5.15. The smallest absolute Gasteiger partial charge is 0.194 e. The van der Waals surface area contributed by atoms with Crippen LogP contribution < -0.4 is 4.74 Å². The van der Waals surface area contributed by atoms with Gasteiger partial charge in [0.25, 0.3) is 0 Å². The molecule has 0 radical (unpaired) electrons. The molecule has 2 heterocycles. The Kier molecular flexibility index (Phi) is 11.1. The Bertz CT molecular complexity index is 849. The monoisotopic (exact) mass is 454 g/mol. The molecule has 0 atom stereocenters. The number of unbranched alkanes of at least 4 members (excludes halogenated alkanes) is 11. The zero-order valence-corrected chi connectivity index (χ0v) is 21.1. The molecule has 0 fully saturated rings. The maximum absolute atomic E-state index is 5.93. The lowest BCUT2D eigenvalue weighted by molar-refractivity contribution is 0.304. The summed E-state index contributed by atoms with van der Waals surface area (Å²) in [6.07, 6.45) is 22.9. The van der Waals surface area contributed by atoms with Gasteiger partial charge in [-0.25, -0.2) is 4.98 Å². The third-order valence-corrected chi connectivity index (χ3v) is 7.20.